The molecule has 0 saturated carbocycles. The third kappa shape index (κ3) is 3.67. The van der Waals surface area contributed by atoms with Crippen LogP contribution in [0.3, 0.4) is 0 Å². The first-order chi connectivity index (χ1) is 14.4. The summed E-state index contributed by atoms with van der Waals surface area (Å²) < 4.78 is 5.88. The molecule has 0 atom stereocenters. The molecule has 30 heavy (non-hydrogen) atoms. The minimum Gasteiger partial charge on any atom is -0.462 e. The van der Waals surface area contributed by atoms with Crippen molar-refractivity contribution in [1.29, 1.82) is 0 Å². The molecule has 2 aliphatic rings. The number of benzene rings is 1. The lowest BCUT2D eigenvalue weighted by molar-refractivity contribution is -0.118. The maximum Gasteiger partial charge on any atom is 0.341 e. The third-order valence-corrected chi connectivity index (χ3v) is 6.84. The predicted molar refractivity (Wildman–Crippen MR) is 116 cm³/mol. The molecule has 1 aromatic carbocycles. The number of fused-ring (bicyclic) bond motifs is 2. The number of carbonyl (C=O) groups excluding carboxylic acids is 4. The zero-order chi connectivity index (χ0) is 21.4. The lowest BCUT2D eigenvalue weighted by atomic mass is 9.95. The molecule has 1 aliphatic heterocycles. The zero-order valence-electron chi connectivity index (χ0n) is 16.2. The molecule has 4 rings (SSSR count). The van der Waals surface area contributed by atoms with Crippen molar-refractivity contribution in [1.82, 2.24) is 0 Å². The largest absolute Gasteiger partial charge is 0.462 e. The Bertz CT molecular complexity index is 1080. The number of Topliss-reactive ketones (excluding diaryl/α,β-unsaturated/α-hetero) is 1. The number of ether oxygens (including phenoxy) is 1. The summed E-state index contributed by atoms with van der Waals surface area (Å²) in [5, 5.41) is 3.22. The van der Waals surface area contributed by atoms with E-state index in [1.165, 1.54) is 11.3 Å². The number of carbonyl (C=O) groups is 4. The van der Waals surface area contributed by atoms with Crippen molar-refractivity contribution < 1.29 is 23.9 Å². The van der Waals surface area contributed by atoms with Crippen molar-refractivity contribution in [3.8, 4) is 0 Å². The Hall–Kier alpha value is -2.52. The van der Waals surface area contributed by atoms with Crippen LogP contribution in [-0.4, -0.2) is 36.7 Å². The summed E-state index contributed by atoms with van der Waals surface area (Å²) in [7, 11) is 0. The van der Waals surface area contributed by atoms with Crippen molar-refractivity contribution in [3.05, 3.63) is 44.2 Å². The van der Waals surface area contributed by atoms with Gasteiger partial charge in [0.1, 0.15) is 11.5 Å². The molecule has 0 saturated heterocycles. The van der Waals surface area contributed by atoms with E-state index in [0.29, 0.717) is 20.7 Å². The summed E-state index contributed by atoms with van der Waals surface area (Å²) >= 11 is 4.67. The number of esters is 1. The van der Waals surface area contributed by atoms with Crippen molar-refractivity contribution in [2.24, 2.45) is 0 Å². The van der Waals surface area contributed by atoms with Gasteiger partial charge in [-0.2, -0.15) is 0 Å². The van der Waals surface area contributed by atoms with Crippen molar-refractivity contribution in [3.63, 3.8) is 0 Å². The van der Waals surface area contributed by atoms with E-state index >= 15 is 0 Å². The Balaban J connectivity index is 1.58. The van der Waals surface area contributed by atoms with Gasteiger partial charge in [0.05, 0.1) is 23.4 Å². The zero-order valence-corrected chi connectivity index (χ0v) is 18.7. The average Bonchev–Trinajstić information content (AvgIpc) is 3.18. The summed E-state index contributed by atoms with van der Waals surface area (Å²) in [6, 6.07) is 4.91. The summed E-state index contributed by atoms with van der Waals surface area (Å²) in [6.45, 7) is 1.67. The fourth-order valence-electron chi connectivity index (χ4n) is 3.81. The lowest BCUT2D eigenvalue weighted by Crippen LogP contribution is -2.37. The molecule has 0 radical (unpaired) electrons. The van der Waals surface area contributed by atoms with E-state index in [1.807, 2.05) is 0 Å². The number of thiophene rings is 1. The number of ketones is 1. The standard InChI is InChI=1S/C21H19BrN2O5S/c1-2-29-21(28)17-12-5-3-4-6-15(12)30-19(17)23-16(25)10-24-14-8-7-11(22)9-13(14)18(26)20(24)27/h7-9H,2-6,10H2,1H3,(H,23,25). The first-order valence-electron chi connectivity index (χ1n) is 9.68. The number of halogens is 1. The Kier molecular flexibility index (Phi) is 5.75. The molecule has 156 valence electrons. The Morgan fingerprint density at radius 2 is 2.00 bits per heavy atom. The maximum atomic E-state index is 12.8. The molecule has 7 nitrogen and oxygen atoms in total. The van der Waals surface area contributed by atoms with Gasteiger partial charge in [-0.1, -0.05) is 15.9 Å². The van der Waals surface area contributed by atoms with Crippen molar-refractivity contribution in [2.75, 3.05) is 23.4 Å². The average molecular weight is 491 g/mol. The molecule has 0 unspecified atom stereocenters. The number of hydrogen-bond acceptors (Lipinski definition) is 6. The van der Waals surface area contributed by atoms with E-state index < -0.39 is 23.6 Å². The van der Waals surface area contributed by atoms with Crippen LogP contribution >= 0.6 is 27.3 Å². The second-order valence-corrected chi connectivity index (χ2v) is 9.09. The van der Waals surface area contributed by atoms with Crippen LogP contribution in [-0.2, 0) is 27.2 Å². The number of anilines is 2. The van der Waals surface area contributed by atoms with Gasteiger partial charge in [0.25, 0.3) is 11.7 Å². The smallest absolute Gasteiger partial charge is 0.341 e. The van der Waals surface area contributed by atoms with Crippen molar-refractivity contribution in [2.45, 2.75) is 32.6 Å². The van der Waals surface area contributed by atoms with Crippen molar-refractivity contribution >= 4 is 61.5 Å². The van der Waals surface area contributed by atoms with E-state index in [1.54, 1.807) is 25.1 Å². The van der Waals surface area contributed by atoms with E-state index in [9.17, 15) is 19.2 Å². The summed E-state index contributed by atoms with van der Waals surface area (Å²) in [5.41, 5.74) is 2.03. The molecule has 0 spiro atoms. The second-order valence-electron chi connectivity index (χ2n) is 7.07. The Morgan fingerprint density at radius 1 is 1.23 bits per heavy atom. The van der Waals surface area contributed by atoms with Gasteiger partial charge in [0, 0.05) is 9.35 Å². The van der Waals surface area contributed by atoms with E-state index in [4.69, 9.17) is 4.74 Å². The molecule has 1 aliphatic carbocycles. The highest BCUT2D eigenvalue weighted by Gasteiger charge is 2.37. The molecule has 1 N–H and O–H groups in total. The number of nitrogens with zero attached hydrogens (tertiary/aromatic N) is 1. The quantitative estimate of drug-likeness (QED) is 0.508. The van der Waals surface area contributed by atoms with E-state index in [2.05, 4.69) is 21.2 Å². The van der Waals surface area contributed by atoms with Gasteiger partial charge in [-0.15, -0.1) is 11.3 Å². The Morgan fingerprint density at radius 3 is 2.77 bits per heavy atom. The molecule has 9 heteroatoms. The van der Waals surface area contributed by atoms with Crippen LogP contribution in [0.4, 0.5) is 10.7 Å². The molecule has 2 aromatic rings. The summed E-state index contributed by atoms with van der Waals surface area (Å²) in [6.07, 6.45) is 3.67. The molecule has 2 amide bonds. The normalized spacial score (nSPS) is 15.1. The minimum atomic E-state index is -0.741. The van der Waals surface area contributed by atoms with Crippen LogP contribution in [0.1, 0.15) is 50.9 Å². The molecule has 2 heterocycles. The topological polar surface area (TPSA) is 92.8 Å². The lowest BCUT2D eigenvalue weighted by Gasteiger charge is -2.16. The SMILES string of the molecule is CCOC(=O)c1c(NC(=O)CN2C(=O)C(=O)c3cc(Br)ccc32)sc2c1CCCC2. The molecular formula is C21H19BrN2O5S. The number of aryl methyl sites for hydroxylation is 1. The van der Waals surface area contributed by atoms with Gasteiger partial charge >= 0.3 is 5.97 Å². The summed E-state index contributed by atoms with van der Waals surface area (Å²) in [4.78, 5) is 52.2. The van der Waals surface area contributed by atoms with Crippen LogP contribution in [0.25, 0.3) is 0 Å². The predicted octanol–water partition coefficient (Wildman–Crippen LogP) is 3.73. The van der Waals surface area contributed by atoms with Gasteiger partial charge < -0.3 is 10.1 Å². The van der Waals surface area contributed by atoms with Gasteiger partial charge in [0.15, 0.2) is 0 Å². The monoisotopic (exact) mass is 490 g/mol. The van der Waals surface area contributed by atoms with E-state index in [-0.39, 0.29) is 18.7 Å². The van der Waals surface area contributed by atoms with E-state index in [0.717, 1.165) is 41.0 Å². The number of amides is 2. The second kappa shape index (κ2) is 8.31. The van der Waals surface area contributed by atoms with Gasteiger partial charge in [-0.05, 0) is 56.4 Å². The van der Waals surface area contributed by atoms with Crippen LogP contribution in [0.5, 0.6) is 0 Å². The van der Waals surface area contributed by atoms with Crippen LogP contribution in [0, 0.1) is 0 Å². The number of nitrogens with one attached hydrogen (secondary N) is 1. The number of hydrogen-bond donors (Lipinski definition) is 1. The highest BCUT2D eigenvalue weighted by Crippen LogP contribution is 2.39. The third-order valence-electron chi connectivity index (χ3n) is 5.14. The molecular weight excluding hydrogens is 472 g/mol. The first kappa shape index (κ1) is 20.7. The number of rotatable bonds is 5. The molecule has 0 bridgehead atoms. The van der Waals surface area contributed by atoms with Crippen LogP contribution in [0.2, 0.25) is 0 Å². The molecule has 1 aromatic heterocycles. The Labute approximate surface area is 185 Å². The minimum absolute atomic E-state index is 0.244. The first-order valence-corrected chi connectivity index (χ1v) is 11.3. The fraction of sp³-hybridized carbons (Fsp3) is 0.333. The fourth-order valence-corrected chi connectivity index (χ4v) is 5.47. The van der Waals surface area contributed by atoms with Gasteiger partial charge in [0.2, 0.25) is 5.91 Å². The summed E-state index contributed by atoms with van der Waals surface area (Å²) in [5.74, 6) is -2.31. The molecule has 0 fully saturated rings. The van der Waals surface area contributed by atoms with Crippen LogP contribution in [0.15, 0.2) is 22.7 Å². The highest BCUT2D eigenvalue weighted by molar-refractivity contribution is 9.10. The highest BCUT2D eigenvalue weighted by atomic mass is 79.9. The van der Waals surface area contributed by atoms with Gasteiger partial charge in [-0.25, -0.2) is 4.79 Å². The van der Waals surface area contributed by atoms with Gasteiger partial charge in [-0.3, -0.25) is 19.3 Å². The van der Waals surface area contributed by atoms with Crippen LogP contribution < -0.4 is 10.2 Å². The maximum absolute atomic E-state index is 12.8.